The number of amides is 1. The Balaban J connectivity index is 1.27. The van der Waals surface area contributed by atoms with Crippen LogP contribution >= 0.6 is 0 Å². The van der Waals surface area contributed by atoms with Gasteiger partial charge in [0.2, 0.25) is 0 Å². The Hall–Kier alpha value is -3.88. The van der Waals surface area contributed by atoms with Crippen LogP contribution in [-0.2, 0) is 24.6 Å². The van der Waals surface area contributed by atoms with E-state index in [0.717, 1.165) is 68.6 Å². The van der Waals surface area contributed by atoms with Crippen LogP contribution < -0.4 is 4.90 Å². The fourth-order valence-corrected chi connectivity index (χ4v) is 7.91. The molecule has 0 unspecified atom stereocenters. The number of carbonyl (C=O) groups is 1. The van der Waals surface area contributed by atoms with E-state index in [1.54, 1.807) is 0 Å². The first-order chi connectivity index (χ1) is 20.4. The van der Waals surface area contributed by atoms with Gasteiger partial charge < -0.3 is 14.5 Å². The molecule has 4 aromatic rings. The highest BCUT2D eigenvalue weighted by molar-refractivity contribution is 5.98. The third-order valence-corrected chi connectivity index (χ3v) is 9.87. The first-order valence-electron chi connectivity index (χ1n) is 15.6. The van der Waals surface area contributed by atoms with Gasteiger partial charge in [-0.3, -0.25) is 9.78 Å². The Morgan fingerprint density at radius 2 is 1.86 bits per heavy atom. The summed E-state index contributed by atoms with van der Waals surface area (Å²) in [6, 6.07) is 4.37. The highest BCUT2D eigenvalue weighted by Crippen LogP contribution is 2.47. The normalized spacial score (nSPS) is 19.7. The van der Waals surface area contributed by atoms with Crippen LogP contribution in [-0.4, -0.2) is 67.7 Å². The summed E-state index contributed by atoms with van der Waals surface area (Å²) in [5, 5.41) is 13.4. The van der Waals surface area contributed by atoms with Gasteiger partial charge in [-0.1, -0.05) is 12.1 Å². The minimum Gasteiger partial charge on any atom is -0.444 e. The number of benzene rings is 1. The largest absolute Gasteiger partial charge is 0.444 e. The van der Waals surface area contributed by atoms with Crippen molar-refractivity contribution in [3.05, 3.63) is 58.2 Å². The average molecular weight is 582 g/mol. The number of H-pyrrole nitrogens is 1. The lowest BCUT2D eigenvalue weighted by molar-refractivity contribution is -0.0266. The van der Waals surface area contributed by atoms with Crippen LogP contribution in [0.25, 0.3) is 22.0 Å². The maximum Gasteiger partial charge on any atom is 0.410 e. The number of aromatic nitrogens is 5. The van der Waals surface area contributed by atoms with Gasteiger partial charge >= 0.3 is 6.09 Å². The predicted molar refractivity (Wildman–Crippen MR) is 169 cm³/mol. The molecule has 1 atom stereocenters. The molecule has 0 saturated carbocycles. The second kappa shape index (κ2) is 9.82. The molecule has 7 rings (SSSR count). The molecule has 43 heavy (non-hydrogen) atoms. The summed E-state index contributed by atoms with van der Waals surface area (Å²) in [4.78, 5) is 22.5. The van der Waals surface area contributed by atoms with Crippen LogP contribution in [0.4, 0.5) is 10.6 Å². The van der Waals surface area contributed by atoms with Gasteiger partial charge in [-0.2, -0.15) is 10.2 Å². The number of nitrogens with zero attached hydrogens (tertiary/aromatic N) is 6. The monoisotopic (exact) mass is 581 g/mol. The number of pyridine rings is 1. The molecule has 2 saturated heterocycles. The number of ether oxygens (including phenoxy) is 1. The van der Waals surface area contributed by atoms with Crippen molar-refractivity contribution in [1.82, 2.24) is 29.9 Å². The lowest BCUT2D eigenvalue weighted by atomic mass is 9.78. The molecule has 3 aliphatic rings. The number of nitrogens with one attached hydrogen (secondary N) is 1. The maximum absolute atomic E-state index is 12.7. The van der Waals surface area contributed by atoms with Gasteiger partial charge in [0.05, 0.1) is 17.9 Å². The third kappa shape index (κ3) is 4.68. The molecule has 0 radical (unpaired) electrons. The summed E-state index contributed by atoms with van der Waals surface area (Å²) >= 11 is 0. The summed E-state index contributed by atoms with van der Waals surface area (Å²) in [5.41, 5.74) is 10.9. The molecule has 9 nitrogen and oxygen atoms in total. The Morgan fingerprint density at radius 1 is 1.07 bits per heavy atom. The van der Waals surface area contributed by atoms with E-state index in [9.17, 15) is 4.79 Å². The average Bonchev–Trinajstić information content (AvgIpc) is 3.66. The molecular weight excluding hydrogens is 538 g/mol. The number of carbonyl (C=O) groups excluding carboxylic acids is 1. The smallest absolute Gasteiger partial charge is 0.410 e. The molecule has 3 aromatic heterocycles. The predicted octanol–water partition coefficient (Wildman–Crippen LogP) is 6.00. The molecule has 226 valence electrons. The zero-order valence-corrected chi connectivity index (χ0v) is 26.5. The number of rotatable bonds is 3. The van der Waals surface area contributed by atoms with Crippen molar-refractivity contribution in [3.63, 3.8) is 0 Å². The fourth-order valence-electron chi connectivity index (χ4n) is 7.91. The van der Waals surface area contributed by atoms with E-state index < -0.39 is 5.60 Å². The summed E-state index contributed by atoms with van der Waals surface area (Å²) < 4.78 is 7.70. The third-order valence-electron chi connectivity index (χ3n) is 9.87. The molecular formula is C34H43N7O2. The van der Waals surface area contributed by atoms with E-state index in [4.69, 9.17) is 9.72 Å². The van der Waals surface area contributed by atoms with Crippen molar-refractivity contribution in [2.75, 3.05) is 31.1 Å². The number of fused-ring (bicyclic) bond motifs is 2. The molecule has 0 bridgehead atoms. The van der Waals surface area contributed by atoms with Crippen LogP contribution in [0.1, 0.15) is 73.2 Å². The van der Waals surface area contributed by atoms with Gasteiger partial charge in [0.1, 0.15) is 11.4 Å². The van der Waals surface area contributed by atoms with E-state index in [1.807, 2.05) is 42.7 Å². The Bertz CT molecular complexity index is 1720. The van der Waals surface area contributed by atoms with E-state index in [-0.39, 0.29) is 11.5 Å². The van der Waals surface area contributed by atoms with E-state index in [1.165, 1.54) is 44.8 Å². The molecule has 9 heteroatoms. The highest BCUT2D eigenvalue weighted by atomic mass is 16.6. The number of aryl methyl sites for hydroxylation is 3. The molecule has 1 aliphatic carbocycles. The van der Waals surface area contributed by atoms with Gasteiger partial charge in [-0.15, -0.1) is 0 Å². The number of likely N-dealkylation sites (tertiary alicyclic amines) is 1. The standard InChI is InChI=1S/C34H43N7O2/c1-20-8-9-24-16-35-38-29(24)27(20)28-22(3)31(37-26-14-23(10-11-25(26)28)30-21(2)15-36-39(30)7)40-13-12-34(17-40)18-41(19-34)32(42)43-33(4,5)6/h8-9,15-16,23H,10-14,17-19H2,1-7H3,(H,35,38)/t23-/m0/s1. The SMILES string of the molecule is Cc1ccc2cn[nH]c2c1-c1c(C)c(N2CCC3(CN(C(=O)OC(C)(C)C)C3)C2)nc2c1CC[C@H](c1c(C)cnn1C)C2. The second-order valence-corrected chi connectivity index (χ2v) is 14.2. The number of anilines is 1. The maximum atomic E-state index is 12.7. The van der Waals surface area contributed by atoms with Crippen LogP contribution in [0.2, 0.25) is 0 Å². The molecule has 2 fully saturated rings. The second-order valence-electron chi connectivity index (χ2n) is 14.2. The molecule has 1 aromatic carbocycles. The summed E-state index contributed by atoms with van der Waals surface area (Å²) in [6.07, 6.45) is 7.70. The van der Waals surface area contributed by atoms with Gasteiger partial charge in [-0.25, -0.2) is 9.78 Å². The van der Waals surface area contributed by atoms with E-state index in [0.29, 0.717) is 5.92 Å². The quantitative estimate of drug-likeness (QED) is 0.319. The van der Waals surface area contributed by atoms with Gasteiger partial charge in [0.25, 0.3) is 0 Å². The van der Waals surface area contributed by atoms with Gasteiger partial charge in [0.15, 0.2) is 0 Å². The topological polar surface area (TPSA) is 92.2 Å². The van der Waals surface area contributed by atoms with Crippen LogP contribution in [0.3, 0.4) is 0 Å². The van der Waals surface area contributed by atoms with Crippen molar-refractivity contribution in [2.24, 2.45) is 12.5 Å². The van der Waals surface area contributed by atoms with E-state index in [2.05, 4.69) is 60.1 Å². The van der Waals surface area contributed by atoms with Crippen molar-refractivity contribution < 1.29 is 9.53 Å². The Labute approximate surface area is 253 Å². The lowest BCUT2D eigenvalue weighted by Crippen LogP contribution is -2.60. The van der Waals surface area contributed by atoms with Crippen molar-refractivity contribution in [1.29, 1.82) is 0 Å². The summed E-state index contributed by atoms with van der Waals surface area (Å²) in [5.74, 6) is 1.47. The van der Waals surface area contributed by atoms with Crippen molar-refractivity contribution in [2.45, 2.75) is 78.7 Å². The molecule has 2 aliphatic heterocycles. The minimum atomic E-state index is -0.483. The zero-order valence-electron chi connectivity index (χ0n) is 26.5. The number of aromatic amines is 1. The van der Waals surface area contributed by atoms with Crippen molar-refractivity contribution >= 4 is 22.8 Å². The number of hydrogen-bond donors (Lipinski definition) is 1. The first kappa shape index (κ1) is 27.9. The van der Waals surface area contributed by atoms with Crippen molar-refractivity contribution in [3.8, 4) is 11.1 Å². The molecule has 1 spiro atoms. The van der Waals surface area contributed by atoms with Gasteiger partial charge in [0, 0.05) is 66.9 Å². The molecule has 5 heterocycles. The summed E-state index contributed by atoms with van der Waals surface area (Å²) in [7, 11) is 2.06. The summed E-state index contributed by atoms with van der Waals surface area (Å²) in [6.45, 7) is 15.7. The van der Waals surface area contributed by atoms with Gasteiger partial charge in [-0.05, 0) is 95.0 Å². The molecule has 1 N–H and O–H groups in total. The highest BCUT2D eigenvalue weighted by Gasteiger charge is 2.51. The van der Waals surface area contributed by atoms with Crippen LogP contribution in [0, 0.1) is 26.2 Å². The van der Waals surface area contributed by atoms with Crippen LogP contribution in [0.15, 0.2) is 24.5 Å². The lowest BCUT2D eigenvalue weighted by Gasteiger charge is -2.47. The fraction of sp³-hybridized carbons (Fsp3) is 0.529. The first-order valence-corrected chi connectivity index (χ1v) is 15.6. The Morgan fingerprint density at radius 3 is 2.58 bits per heavy atom. The van der Waals surface area contributed by atoms with E-state index >= 15 is 0 Å². The zero-order chi connectivity index (χ0) is 30.3. The van der Waals surface area contributed by atoms with Crippen LogP contribution in [0.5, 0.6) is 0 Å². The number of hydrogen-bond acceptors (Lipinski definition) is 6. The Kier molecular flexibility index (Phi) is 6.38. The minimum absolute atomic E-state index is 0.0920. The molecule has 1 amide bonds.